The summed E-state index contributed by atoms with van der Waals surface area (Å²) < 4.78 is 39.5. The number of hydrogen-bond acceptors (Lipinski definition) is 1. The molecule has 0 aliphatic carbocycles. The highest BCUT2D eigenvalue weighted by molar-refractivity contribution is 5.31. The van der Waals surface area contributed by atoms with Crippen LogP contribution >= 0.6 is 0 Å². The largest absolute Gasteiger partial charge is 0.324 e. The first-order valence-electron chi connectivity index (χ1n) is 5.93. The van der Waals surface area contributed by atoms with E-state index in [1.54, 1.807) is 6.07 Å². The molecule has 100 valence electrons. The van der Waals surface area contributed by atoms with E-state index in [1.807, 2.05) is 6.92 Å². The monoisotopic (exact) mass is 265 g/mol. The lowest BCUT2D eigenvalue weighted by Crippen LogP contribution is -2.15. The Morgan fingerprint density at radius 1 is 1.00 bits per heavy atom. The minimum Gasteiger partial charge on any atom is -0.324 e. The lowest BCUT2D eigenvalue weighted by atomic mass is 9.96. The molecule has 0 saturated carbocycles. The van der Waals surface area contributed by atoms with Crippen molar-refractivity contribution >= 4 is 0 Å². The van der Waals surface area contributed by atoms with Crippen molar-refractivity contribution in [2.45, 2.75) is 19.4 Å². The maximum Gasteiger partial charge on any atom is 0.129 e. The second-order valence-corrected chi connectivity index (χ2v) is 4.55. The second kappa shape index (κ2) is 5.45. The maximum absolute atomic E-state index is 13.5. The lowest BCUT2D eigenvalue weighted by molar-refractivity contribution is 0.561. The van der Waals surface area contributed by atoms with Crippen LogP contribution in [0.15, 0.2) is 36.4 Å². The average molecular weight is 265 g/mol. The van der Waals surface area contributed by atoms with Gasteiger partial charge in [0, 0.05) is 12.1 Å². The second-order valence-electron chi connectivity index (χ2n) is 4.55. The maximum atomic E-state index is 13.5. The first-order valence-corrected chi connectivity index (χ1v) is 5.93. The van der Waals surface area contributed by atoms with E-state index in [9.17, 15) is 13.2 Å². The van der Waals surface area contributed by atoms with Gasteiger partial charge in [0.05, 0.1) is 0 Å². The third-order valence-corrected chi connectivity index (χ3v) is 3.10. The molecule has 0 bridgehead atoms. The van der Waals surface area contributed by atoms with Crippen molar-refractivity contribution in [2.75, 3.05) is 0 Å². The van der Waals surface area contributed by atoms with E-state index in [1.165, 1.54) is 24.3 Å². The highest BCUT2D eigenvalue weighted by atomic mass is 19.1. The molecule has 0 aliphatic rings. The summed E-state index contributed by atoms with van der Waals surface area (Å²) in [5.74, 6) is -1.64. The van der Waals surface area contributed by atoms with Crippen molar-refractivity contribution < 1.29 is 13.2 Å². The van der Waals surface area contributed by atoms with Gasteiger partial charge in [-0.05, 0) is 48.2 Å². The Morgan fingerprint density at radius 3 is 2.32 bits per heavy atom. The van der Waals surface area contributed by atoms with E-state index in [-0.39, 0.29) is 12.2 Å². The SMILES string of the molecule is Cc1ccc(F)cc1C(N)Cc1ccc(F)cc1F. The Bertz CT molecular complexity index is 596. The average Bonchev–Trinajstić information content (AvgIpc) is 2.35. The van der Waals surface area contributed by atoms with Crippen LogP contribution < -0.4 is 5.73 Å². The molecule has 0 aromatic heterocycles. The molecule has 2 aromatic carbocycles. The molecule has 0 aliphatic heterocycles. The van der Waals surface area contributed by atoms with Gasteiger partial charge in [-0.15, -0.1) is 0 Å². The van der Waals surface area contributed by atoms with Crippen molar-refractivity contribution in [2.24, 2.45) is 5.73 Å². The van der Waals surface area contributed by atoms with Gasteiger partial charge in [0.2, 0.25) is 0 Å². The molecule has 4 heteroatoms. The molecule has 0 saturated heterocycles. The number of nitrogens with two attached hydrogens (primary N) is 1. The summed E-state index contributed by atoms with van der Waals surface area (Å²) in [6.07, 6.45) is 0.191. The van der Waals surface area contributed by atoms with E-state index in [2.05, 4.69) is 0 Å². The fraction of sp³-hybridized carbons (Fsp3) is 0.200. The summed E-state index contributed by atoms with van der Waals surface area (Å²) in [6.45, 7) is 1.82. The third kappa shape index (κ3) is 3.15. The van der Waals surface area contributed by atoms with Crippen LogP contribution in [-0.2, 0) is 6.42 Å². The number of hydrogen-bond donors (Lipinski definition) is 1. The van der Waals surface area contributed by atoms with Crippen LogP contribution in [0.3, 0.4) is 0 Å². The van der Waals surface area contributed by atoms with E-state index in [4.69, 9.17) is 5.73 Å². The van der Waals surface area contributed by atoms with Gasteiger partial charge in [-0.2, -0.15) is 0 Å². The summed E-state index contributed by atoms with van der Waals surface area (Å²) in [6, 6.07) is 7.16. The Kier molecular flexibility index (Phi) is 3.90. The zero-order valence-electron chi connectivity index (χ0n) is 10.5. The fourth-order valence-corrected chi connectivity index (χ4v) is 2.04. The zero-order chi connectivity index (χ0) is 14.0. The van der Waals surface area contributed by atoms with Gasteiger partial charge in [-0.3, -0.25) is 0 Å². The minimum absolute atomic E-state index is 0.191. The summed E-state index contributed by atoms with van der Waals surface area (Å²) in [5, 5.41) is 0. The Labute approximate surface area is 109 Å². The third-order valence-electron chi connectivity index (χ3n) is 3.10. The molecular weight excluding hydrogens is 251 g/mol. The van der Waals surface area contributed by atoms with Gasteiger partial charge in [-0.25, -0.2) is 13.2 Å². The topological polar surface area (TPSA) is 26.0 Å². The van der Waals surface area contributed by atoms with Gasteiger partial charge in [-0.1, -0.05) is 12.1 Å². The van der Waals surface area contributed by atoms with Crippen molar-refractivity contribution in [1.29, 1.82) is 0 Å². The van der Waals surface area contributed by atoms with E-state index >= 15 is 0 Å². The number of halogens is 3. The van der Waals surface area contributed by atoms with Gasteiger partial charge >= 0.3 is 0 Å². The van der Waals surface area contributed by atoms with Crippen LogP contribution in [0.25, 0.3) is 0 Å². The molecule has 0 fully saturated rings. The smallest absolute Gasteiger partial charge is 0.129 e. The first kappa shape index (κ1) is 13.6. The molecule has 2 N–H and O–H groups in total. The van der Waals surface area contributed by atoms with E-state index < -0.39 is 17.7 Å². The molecule has 0 heterocycles. The van der Waals surface area contributed by atoms with Crippen LogP contribution in [0.2, 0.25) is 0 Å². The Morgan fingerprint density at radius 2 is 1.63 bits per heavy atom. The molecule has 19 heavy (non-hydrogen) atoms. The van der Waals surface area contributed by atoms with Crippen LogP contribution in [0.1, 0.15) is 22.7 Å². The highest BCUT2D eigenvalue weighted by Gasteiger charge is 2.13. The number of benzene rings is 2. The molecule has 1 nitrogen and oxygen atoms in total. The van der Waals surface area contributed by atoms with Crippen molar-refractivity contribution in [3.63, 3.8) is 0 Å². The molecule has 1 unspecified atom stereocenters. The van der Waals surface area contributed by atoms with Gasteiger partial charge in [0.1, 0.15) is 17.5 Å². The molecule has 1 atom stereocenters. The Balaban J connectivity index is 2.25. The number of aryl methyl sites for hydroxylation is 1. The molecule has 0 amide bonds. The van der Waals surface area contributed by atoms with Crippen molar-refractivity contribution in [1.82, 2.24) is 0 Å². The van der Waals surface area contributed by atoms with E-state index in [0.29, 0.717) is 11.1 Å². The number of rotatable bonds is 3. The van der Waals surface area contributed by atoms with Crippen molar-refractivity contribution in [3.8, 4) is 0 Å². The van der Waals surface area contributed by atoms with Crippen LogP contribution in [0.4, 0.5) is 13.2 Å². The highest BCUT2D eigenvalue weighted by Crippen LogP contribution is 2.22. The minimum atomic E-state index is -0.635. The molecule has 2 rings (SSSR count). The lowest BCUT2D eigenvalue weighted by Gasteiger charge is -2.15. The summed E-state index contributed by atoms with van der Waals surface area (Å²) in [5.41, 5.74) is 7.77. The molecule has 0 spiro atoms. The van der Waals surface area contributed by atoms with Crippen LogP contribution in [0, 0.1) is 24.4 Å². The predicted molar refractivity (Wildman–Crippen MR) is 68.1 cm³/mol. The molecule has 0 radical (unpaired) electrons. The molecule has 2 aromatic rings. The standard InChI is InChI=1S/C15H14F3N/c1-9-2-4-11(16)7-13(9)15(19)6-10-3-5-12(17)8-14(10)18/h2-5,7-8,15H,6,19H2,1H3. The van der Waals surface area contributed by atoms with Gasteiger partial charge in [0.25, 0.3) is 0 Å². The Hall–Kier alpha value is -1.81. The normalized spacial score (nSPS) is 12.5. The summed E-state index contributed by atoms with van der Waals surface area (Å²) in [4.78, 5) is 0. The quantitative estimate of drug-likeness (QED) is 0.900. The van der Waals surface area contributed by atoms with E-state index in [0.717, 1.165) is 11.6 Å². The van der Waals surface area contributed by atoms with Crippen molar-refractivity contribution in [3.05, 3.63) is 70.5 Å². The molecular formula is C15H14F3N. The van der Waals surface area contributed by atoms with Gasteiger partial charge < -0.3 is 5.73 Å². The van der Waals surface area contributed by atoms with Crippen LogP contribution in [0.5, 0.6) is 0 Å². The zero-order valence-corrected chi connectivity index (χ0v) is 10.5. The predicted octanol–water partition coefficient (Wildman–Crippen LogP) is 3.65. The summed E-state index contributed by atoms with van der Waals surface area (Å²) >= 11 is 0. The van der Waals surface area contributed by atoms with Gasteiger partial charge in [0.15, 0.2) is 0 Å². The fourth-order valence-electron chi connectivity index (χ4n) is 2.04. The summed E-state index contributed by atoms with van der Waals surface area (Å²) in [7, 11) is 0. The first-order chi connectivity index (χ1) is 8.97. The van der Waals surface area contributed by atoms with Crippen LogP contribution in [-0.4, -0.2) is 0 Å².